The lowest BCUT2D eigenvalue weighted by atomic mass is 10.1. The SMILES string of the molecule is O=C(c1ccccc1)n1nc(-c2ccccc2)cc1NCc1ccc(Cl)cc1. The molecule has 1 heterocycles. The van der Waals surface area contributed by atoms with Crippen LogP contribution in [0.5, 0.6) is 0 Å². The van der Waals surface area contributed by atoms with Crippen LogP contribution in [0.15, 0.2) is 91.0 Å². The van der Waals surface area contributed by atoms with Gasteiger partial charge in [0, 0.05) is 28.8 Å². The lowest BCUT2D eigenvalue weighted by molar-refractivity contribution is 0.0948. The minimum absolute atomic E-state index is 0.179. The predicted molar refractivity (Wildman–Crippen MR) is 113 cm³/mol. The molecule has 0 saturated heterocycles. The lowest BCUT2D eigenvalue weighted by Gasteiger charge is -2.09. The van der Waals surface area contributed by atoms with E-state index in [0.717, 1.165) is 16.8 Å². The minimum Gasteiger partial charge on any atom is -0.366 e. The topological polar surface area (TPSA) is 46.9 Å². The van der Waals surface area contributed by atoms with E-state index in [-0.39, 0.29) is 5.91 Å². The number of carbonyl (C=O) groups excluding carboxylic acids is 1. The largest absolute Gasteiger partial charge is 0.366 e. The molecule has 3 aromatic carbocycles. The molecular formula is C23H18ClN3O. The first kappa shape index (κ1) is 18.0. The molecule has 0 bridgehead atoms. The molecule has 0 amide bonds. The maximum absolute atomic E-state index is 13.0. The van der Waals surface area contributed by atoms with Crippen molar-refractivity contribution < 1.29 is 4.79 Å². The third-order valence-corrected chi connectivity index (χ3v) is 4.63. The van der Waals surface area contributed by atoms with Gasteiger partial charge in [0.1, 0.15) is 5.82 Å². The van der Waals surface area contributed by atoms with Crippen molar-refractivity contribution in [3.05, 3.63) is 107 Å². The van der Waals surface area contributed by atoms with Crippen molar-refractivity contribution >= 4 is 23.3 Å². The van der Waals surface area contributed by atoms with E-state index in [4.69, 9.17) is 11.6 Å². The highest BCUT2D eigenvalue weighted by Crippen LogP contribution is 2.23. The third kappa shape index (κ3) is 3.97. The molecule has 28 heavy (non-hydrogen) atoms. The van der Waals surface area contributed by atoms with Gasteiger partial charge in [0.25, 0.3) is 5.91 Å². The number of benzene rings is 3. The Balaban J connectivity index is 1.67. The number of nitrogens with zero attached hydrogens (tertiary/aromatic N) is 2. The Morgan fingerprint density at radius 2 is 1.54 bits per heavy atom. The van der Waals surface area contributed by atoms with Gasteiger partial charge in [-0.1, -0.05) is 72.3 Å². The summed E-state index contributed by atoms with van der Waals surface area (Å²) in [6, 6.07) is 28.4. The van der Waals surface area contributed by atoms with Crippen LogP contribution in [0.25, 0.3) is 11.3 Å². The standard InChI is InChI=1S/C23H18ClN3O/c24-20-13-11-17(12-14-20)16-25-22-15-21(18-7-3-1-4-8-18)26-27(22)23(28)19-9-5-2-6-10-19/h1-15,25H,16H2. The van der Waals surface area contributed by atoms with Crippen LogP contribution in [0.3, 0.4) is 0 Å². The smallest absolute Gasteiger partial charge is 0.280 e. The number of hydrogen-bond acceptors (Lipinski definition) is 3. The molecule has 1 aromatic heterocycles. The number of anilines is 1. The van der Waals surface area contributed by atoms with Crippen LogP contribution in [0.1, 0.15) is 15.9 Å². The summed E-state index contributed by atoms with van der Waals surface area (Å²) in [4.78, 5) is 13.0. The maximum Gasteiger partial charge on any atom is 0.280 e. The van der Waals surface area contributed by atoms with E-state index in [1.165, 1.54) is 4.68 Å². The average molecular weight is 388 g/mol. The second-order valence-electron chi connectivity index (χ2n) is 6.34. The number of rotatable bonds is 5. The predicted octanol–water partition coefficient (Wildman–Crippen LogP) is 5.50. The van der Waals surface area contributed by atoms with Gasteiger partial charge in [-0.25, -0.2) is 0 Å². The number of carbonyl (C=O) groups is 1. The fourth-order valence-corrected chi connectivity index (χ4v) is 3.04. The Kier molecular flexibility index (Phi) is 5.22. The van der Waals surface area contributed by atoms with Crippen molar-refractivity contribution in [2.24, 2.45) is 0 Å². The summed E-state index contributed by atoms with van der Waals surface area (Å²) in [5, 5.41) is 8.59. The molecule has 4 nitrogen and oxygen atoms in total. The van der Waals surface area contributed by atoms with Gasteiger partial charge in [-0.2, -0.15) is 9.78 Å². The van der Waals surface area contributed by atoms with Crippen molar-refractivity contribution in [2.75, 3.05) is 5.32 Å². The van der Waals surface area contributed by atoms with E-state index in [1.54, 1.807) is 12.1 Å². The molecule has 0 radical (unpaired) electrons. The zero-order chi connectivity index (χ0) is 19.3. The Morgan fingerprint density at radius 3 is 2.21 bits per heavy atom. The molecule has 4 aromatic rings. The average Bonchev–Trinajstić information content (AvgIpc) is 3.18. The molecule has 0 aliphatic carbocycles. The van der Waals surface area contributed by atoms with Crippen LogP contribution in [0.4, 0.5) is 5.82 Å². The second kappa shape index (κ2) is 8.11. The Morgan fingerprint density at radius 1 is 0.893 bits per heavy atom. The summed E-state index contributed by atoms with van der Waals surface area (Å²) < 4.78 is 1.42. The summed E-state index contributed by atoms with van der Waals surface area (Å²) in [5.41, 5.74) is 3.34. The van der Waals surface area contributed by atoms with E-state index >= 15 is 0 Å². The first-order valence-corrected chi connectivity index (χ1v) is 9.32. The highest BCUT2D eigenvalue weighted by molar-refractivity contribution is 6.30. The normalized spacial score (nSPS) is 10.6. The highest BCUT2D eigenvalue weighted by Gasteiger charge is 2.17. The van der Waals surface area contributed by atoms with Gasteiger partial charge >= 0.3 is 0 Å². The monoisotopic (exact) mass is 387 g/mol. The van der Waals surface area contributed by atoms with E-state index in [9.17, 15) is 4.79 Å². The fourth-order valence-electron chi connectivity index (χ4n) is 2.91. The van der Waals surface area contributed by atoms with Crippen LogP contribution in [-0.4, -0.2) is 15.7 Å². The summed E-state index contributed by atoms with van der Waals surface area (Å²) in [6.45, 7) is 0.555. The third-order valence-electron chi connectivity index (χ3n) is 4.38. The van der Waals surface area contributed by atoms with Crippen LogP contribution < -0.4 is 5.32 Å². The van der Waals surface area contributed by atoms with Crippen LogP contribution in [0, 0.1) is 0 Å². The molecule has 0 fully saturated rings. The lowest BCUT2D eigenvalue weighted by Crippen LogP contribution is -2.17. The Labute approximate surface area is 168 Å². The van der Waals surface area contributed by atoms with Crippen molar-refractivity contribution in [3.63, 3.8) is 0 Å². The van der Waals surface area contributed by atoms with Crippen molar-refractivity contribution in [1.82, 2.24) is 9.78 Å². The summed E-state index contributed by atoms with van der Waals surface area (Å²) in [6.07, 6.45) is 0. The molecule has 0 aliphatic heterocycles. The van der Waals surface area contributed by atoms with Gasteiger partial charge in [0.05, 0.1) is 5.69 Å². The molecule has 1 N–H and O–H groups in total. The van der Waals surface area contributed by atoms with E-state index < -0.39 is 0 Å². The molecule has 0 saturated carbocycles. The van der Waals surface area contributed by atoms with Crippen LogP contribution >= 0.6 is 11.6 Å². The van der Waals surface area contributed by atoms with Gasteiger partial charge in [-0.15, -0.1) is 0 Å². The van der Waals surface area contributed by atoms with Crippen LogP contribution in [0.2, 0.25) is 5.02 Å². The molecule has 138 valence electrons. The van der Waals surface area contributed by atoms with Crippen molar-refractivity contribution in [3.8, 4) is 11.3 Å². The van der Waals surface area contributed by atoms with E-state index in [0.29, 0.717) is 22.9 Å². The van der Waals surface area contributed by atoms with Crippen LogP contribution in [-0.2, 0) is 6.54 Å². The second-order valence-corrected chi connectivity index (χ2v) is 6.78. The van der Waals surface area contributed by atoms with Gasteiger partial charge in [0.2, 0.25) is 0 Å². The summed E-state index contributed by atoms with van der Waals surface area (Å²) in [7, 11) is 0. The molecule has 0 atom stereocenters. The highest BCUT2D eigenvalue weighted by atomic mass is 35.5. The van der Waals surface area contributed by atoms with Gasteiger partial charge in [-0.3, -0.25) is 4.79 Å². The summed E-state index contributed by atoms with van der Waals surface area (Å²) >= 11 is 5.96. The quantitative estimate of drug-likeness (QED) is 0.491. The van der Waals surface area contributed by atoms with Gasteiger partial charge < -0.3 is 5.32 Å². The minimum atomic E-state index is -0.179. The molecular weight excluding hydrogens is 370 g/mol. The zero-order valence-electron chi connectivity index (χ0n) is 15.0. The Bertz CT molecular complexity index is 1070. The molecule has 0 spiro atoms. The number of nitrogens with one attached hydrogen (secondary N) is 1. The number of hydrogen-bond donors (Lipinski definition) is 1. The first-order chi connectivity index (χ1) is 13.7. The van der Waals surface area contributed by atoms with Gasteiger partial charge in [0.15, 0.2) is 0 Å². The zero-order valence-corrected chi connectivity index (χ0v) is 15.8. The van der Waals surface area contributed by atoms with Crippen molar-refractivity contribution in [2.45, 2.75) is 6.54 Å². The molecule has 0 unspecified atom stereocenters. The Hall–Kier alpha value is -3.37. The number of halogens is 1. The number of aromatic nitrogens is 2. The van der Waals surface area contributed by atoms with E-state index in [1.807, 2.05) is 78.9 Å². The maximum atomic E-state index is 13.0. The van der Waals surface area contributed by atoms with Crippen molar-refractivity contribution in [1.29, 1.82) is 0 Å². The van der Waals surface area contributed by atoms with Gasteiger partial charge in [-0.05, 0) is 29.8 Å². The fraction of sp³-hybridized carbons (Fsp3) is 0.0435. The summed E-state index contributed by atoms with van der Waals surface area (Å²) in [5.74, 6) is 0.462. The molecule has 5 heteroatoms. The molecule has 0 aliphatic rings. The first-order valence-electron chi connectivity index (χ1n) is 8.94. The molecule has 4 rings (SSSR count). The van der Waals surface area contributed by atoms with E-state index in [2.05, 4.69) is 10.4 Å².